The Morgan fingerprint density at radius 2 is 2.15 bits per heavy atom. The van der Waals surface area contributed by atoms with Crippen LogP contribution in [-0.4, -0.2) is 17.6 Å². The van der Waals surface area contributed by atoms with Crippen LogP contribution in [0.4, 0.5) is 4.39 Å². The lowest BCUT2D eigenvalue weighted by atomic mass is 9.92. The first-order chi connectivity index (χ1) is 9.43. The Bertz CT molecular complexity index is 483. The quantitative estimate of drug-likeness (QED) is 0.841. The lowest BCUT2D eigenvalue weighted by Gasteiger charge is -2.20. The number of amides is 1. The molecule has 0 radical (unpaired) electrons. The zero-order chi connectivity index (χ0) is 14.8. The number of hydrogen-bond acceptors (Lipinski definition) is 2. The highest BCUT2D eigenvalue weighted by Crippen LogP contribution is 2.51. The van der Waals surface area contributed by atoms with E-state index in [4.69, 9.17) is 0 Å². The Kier molecular flexibility index (Phi) is 4.43. The highest BCUT2D eigenvalue weighted by atomic mass is 19.1. The van der Waals surface area contributed by atoms with E-state index >= 15 is 0 Å². The van der Waals surface area contributed by atoms with Gasteiger partial charge in [-0.25, -0.2) is 4.39 Å². The summed E-state index contributed by atoms with van der Waals surface area (Å²) in [6, 6.07) is 5.73. The van der Waals surface area contributed by atoms with Crippen LogP contribution in [0.15, 0.2) is 24.3 Å². The summed E-state index contributed by atoms with van der Waals surface area (Å²) in [6.45, 7) is 5.00. The van der Waals surface area contributed by atoms with Crippen LogP contribution in [0.1, 0.15) is 44.8 Å². The lowest BCUT2D eigenvalue weighted by molar-refractivity contribution is -0.123. The molecule has 1 aliphatic carbocycles. The predicted molar refractivity (Wildman–Crippen MR) is 75.5 cm³/mol. The van der Waals surface area contributed by atoms with Gasteiger partial charge in [-0.15, -0.1) is 0 Å². The van der Waals surface area contributed by atoms with E-state index < -0.39 is 11.9 Å². The fourth-order valence-electron chi connectivity index (χ4n) is 2.47. The minimum Gasteiger partial charge on any atom is -0.388 e. The van der Waals surface area contributed by atoms with Crippen molar-refractivity contribution in [2.24, 2.45) is 11.3 Å². The third-order valence-corrected chi connectivity index (χ3v) is 4.37. The SMILES string of the molecule is CC(C)C1(CNC(=O)CC(O)c2cccc(F)c2)CC1. The van der Waals surface area contributed by atoms with Gasteiger partial charge in [0.2, 0.25) is 5.91 Å². The number of halogens is 1. The summed E-state index contributed by atoms with van der Waals surface area (Å²) in [7, 11) is 0. The normalized spacial score (nSPS) is 17.9. The van der Waals surface area contributed by atoms with Crippen molar-refractivity contribution in [1.82, 2.24) is 5.32 Å². The van der Waals surface area contributed by atoms with Crippen LogP contribution in [-0.2, 0) is 4.79 Å². The Morgan fingerprint density at radius 3 is 2.70 bits per heavy atom. The van der Waals surface area contributed by atoms with E-state index in [1.165, 1.54) is 18.2 Å². The molecule has 0 aliphatic heterocycles. The second-order valence-electron chi connectivity index (χ2n) is 6.07. The summed E-state index contributed by atoms with van der Waals surface area (Å²) >= 11 is 0. The summed E-state index contributed by atoms with van der Waals surface area (Å²) in [5, 5.41) is 12.8. The average Bonchev–Trinajstić information content (AvgIpc) is 3.17. The molecule has 0 aromatic heterocycles. The third kappa shape index (κ3) is 3.57. The van der Waals surface area contributed by atoms with Crippen molar-refractivity contribution in [3.8, 4) is 0 Å². The highest BCUT2D eigenvalue weighted by Gasteiger charge is 2.45. The van der Waals surface area contributed by atoms with Crippen molar-refractivity contribution < 1.29 is 14.3 Å². The first kappa shape index (κ1) is 15.0. The molecule has 20 heavy (non-hydrogen) atoms. The van der Waals surface area contributed by atoms with Crippen molar-refractivity contribution in [3.63, 3.8) is 0 Å². The summed E-state index contributed by atoms with van der Waals surface area (Å²) < 4.78 is 13.1. The molecule has 2 rings (SSSR count). The third-order valence-electron chi connectivity index (χ3n) is 4.37. The van der Waals surface area contributed by atoms with Crippen molar-refractivity contribution in [1.29, 1.82) is 0 Å². The van der Waals surface area contributed by atoms with Gasteiger partial charge in [0.15, 0.2) is 0 Å². The number of carbonyl (C=O) groups is 1. The number of carbonyl (C=O) groups excluding carboxylic acids is 1. The summed E-state index contributed by atoms with van der Waals surface area (Å²) in [6.07, 6.45) is 1.31. The van der Waals surface area contributed by atoms with Crippen LogP contribution in [0.5, 0.6) is 0 Å². The number of benzene rings is 1. The Hall–Kier alpha value is -1.42. The van der Waals surface area contributed by atoms with Crippen LogP contribution < -0.4 is 5.32 Å². The summed E-state index contributed by atoms with van der Waals surface area (Å²) in [4.78, 5) is 11.8. The number of rotatable bonds is 6. The molecule has 1 atom stereocenters. The summed E-state index contributed by atoms with van der Waals surface area (Å²) in [5.41, 5.74) is 0.685. The van der Waals surface area contributed by atoms with Crippen molar-refractivity contribution in [3.05, 3.63) is 35.6 Å². The molecule has 0 spiro atoms. The molecule has 1 fully saturated rings. The van der Waals surface area contributed by atoms with E-state index in [1.54, 1.807) is 6.07 Å². The largest absolute Gasteiger partial charge is 0.388 e. The first-order valence-electron chi connectivity index (χ1n) is 7.13. The molecule has 1 unspecified atom stereocenters. The smallest absolute Gasteiger partial charge is 0.222 e. The van der Waals surface area contributed by atoms with E-state index in [-0.39, 0.29) is 17.7 Å². The van der Waals surface area contributed by atoms with E-state index in [0.717, 1.165) is 12.8 Å². The van der Waals surface area contributed by atoms with Gasteiger partial charge in [-0.1, -0.05) is 26.0 Å². The monoisotopic (exact) mass is 279 g/mol. The standard InChI is InChI=1S/C16H22FNO2/c1-11(2)16(6-7-16)10-18-15(20)9-14(19)12-4-3-5-13(17)8-12/h3-5,8,11,14,19H,6-7,9-10H2,1-2H3,(H,18,20). The molecule has 1 aromatic carbocycles. The van der Waals surface area contributed by atoms with E-state index in [1.807, 2.05) is 0 Å². The van der Waals surface area contributed by atoms with Gasteiger partial charge in [0, 0.05) is 6.54 Å². The molecule has 1 aliphatic rings. The van der Waals surface area contributed by atoms with Gasteiger partial charge in [0.25, 0.3) is 0 Å². The van der Waals surface area contributed by atoms with Crippen LogP contribution in [0.25, 0.3) is 0 Å². The number of hydrogen-bond donors (Lipinski definition) is 2. The van der Waals surface area contributed by atoms with E-state index in [0.29, 0.717) is 18.0 Å². The molecule has 1 saturated carbocycles. The minimum atomic E-state index is -0.958. The first-order valence-corrected chi connectivity index (χ1v) is 7.13. The second kappa shape index (κ2) is 5.92. The molecular formula is C16H22FNO2. The van der Waals surface area contributed by atoms with E-state index in [2.05, 4.69) is 19.2 Å². The molecule has 1 aromatic rings. The molecule has 1 amide bonds. The van der Waals surface area contributed by atoms with Crippen LogP contribution in [0, 0.1) is 17.2 Å². The van der Waals surface area contributed by atoms with Gasteiger partial charge >= 0.3 is 0 Å². The predicted octanol–water partition coefficient (Wildman–Crippen LogP) is 2.80. The van der Waals surface area contributed by atoms with Gasteiger partial charge < -0.3 is 10.4 Å². The fourth-order valence-corrected chi connectivity index (χ4v) is 2.47. The molecular weight excluding hydrogens is 257 g/mol. The molecule has 0 heterocycles. The highest BCUT2D eigenvalue weighted by molar-refractivity contribution is 5.76. The molecule has 110 valence electrons. The van der Waals surface area contributed by atoms with Gasteiger partial charge in [-0.05, 0) is 41.9 Å². The maximum atomic E-state index is 13.1. The molecule has 3 nitrogen and oxygen atoms in total. The zero-order valence-corrected chi connectivity index (χ0v) is 12.0. The van der Waals surface area contributed by atoms with Crippen molar-refractivity contribution >= 4 is 5.91 Å². The fraction of sp³-hybridized carbons (Fsp3) is 0.562. The van der Waals surface area contributed by atoms with Gasteiger partial charge in [-0.2, -0.15) is 0 Å². The zero-order valence-electron chi connectivity index (χ0n) is 12.0. The van der Waals surface area contributed by atoms with Gasteiger partial charge in [-0.3, -0.25) is 4.79 Å². The molecule has 0 bridgehead atoms. The van der Waals surface area contributed by atoms with Crippen molar-refractivity contribution in [2.45, 2.75) is 39.2 Å². The van der Waals surface area contributed by atoms with Crippen LogP contribution in [0.2, 0.25) is 0 Å². The minimum absolute atomic E-state index is 0.0301. The number of aliphatic hydroxyl groups excluding tert-OH is 1. The Balaban J connectivity index is 1.82. The average molecular weight is 279 g/mol. The second-order valence-corrected chi connectivity index (χ2v) is 6.07. The Morgan fingerprint density at radius 1 is 1.45 bits per heavy atom. The topological polar surface area (TPSA) is 49.3 Å². The van der Waals surface area contributed by atoms with Crippen molar-refractivity contribution in [2.75, 3.05) is 6.54 Å². The maximum Gasteiger partial charge on any atom is 0.222 e. The van der Waals surface area contributed by atoms with Gasteiger partial charge in [0.1, 0.15) is 5.82 Å². The molecule has 2 N–H and O–H groups in total. The number of aliphatic hydroxyl groups is 1. The van der Waals surface area contributed by atoms with Crippen LogP contribution in [0.3, 0.4) is 0 Å². The molecule has 4 heteroatoms. The van der Waals surface area contributed by atoms with Crippen LogP contribution >= 0.6 is 0 Å². The number of nitrogens with one attached hydrogen (secondary N) is 1. The van der Waals surface area contributed by atoms with Gasteiger partial charge in [0.05, 0.1) is 12.5 Å². The summed E-state index contributed by atoms with van der Waals surface area (Å²) in [5.74, 6) is -0.0386. The lowest BCUT2D eigenvalue weighted by Crippen LogP contribution is -2.33. The maximum absolute atomic E-state index is 13.1. The Labute approximate surface area is 119 Å². The molecule has 0 saturated heterocycles. The van der Waals surface area contributed by atoms with E-state index in [9.17, 15) is 14.3 Å².